The molecule has 0 heterocycles. The maximum Gasteiger partial charge on any atom is 0.0340 e. The van der Waals surface area contributed by atoms with E-state index in [0.717, 1.165) is 10.8 Å². The monoisotopic (exact) mass is 300 g/mol. The van der Waals surface area contributed by atoms with Crippen LogP contribution in [0.3, 0.4) is 0 Å². The zero-order valence-corrected chi connectivity index (χ0v) is 12.9. The summed E-state index contributed by atoms with van der Waals surface area (Å²) in [6.45, 7) is 0. The van der Waals surface area contributed by atoms with Crippen molar-refractivity contribution in [2.24, 2.45) is 0 Å². The second kappa shape index (κ2) is 4.85. The summed E-state index contributed by atoms with van der Waals surface area (Å²) in [4.78, 5) is 0. The molecule has 0 fully saturated rings. The highest BCUT2D eigenvalue weighted by atomic mass is 14.1. The molecular weight excluding hydrogens is 288 g/mol. The minimum absolute atomic E-state index is 0.689. The van der Waals surface area contributed by atoms with Gasteiger partial charge in [0.1, 0.15) is 0 Å². The first kappa shape index (κ1) is 13.2. The minimum Gasteiger partial charge on any atom is -0.0616 e. The lowest BCUT2D eigenvalue weighted by Crippen LogP contribution is -1.81. The van der Waals surface area contributed by atoms with Crippen molar-refractivity contribution in [3.05, 3.63) is 90.8 Å². The molecule has 0 aliphatic rings. The molecule has 5 rings (SSSR count). The zero-order valence-electron chi connectivity index (χ0n) is 12.9. The van der Waals surface area contributed by atoms with Gasteiger partial charge in [0, 0.05) is 5.56 Å². The quantitative estimate of drug-likeness (QED) is 0.242. The molecule has 0 aliphatic heterocycles. The van der Waals surface area contributed by atoms with Crippen molar-refractivity contribution in [2.75, 3.05) is 0 Å². The highest BCUT2D eigenvalue weighted by Crippen LogP contribution is 2.30. The Morgan fingerprint density at radius 2 is 1.04 bits per heavy atom. The molecule has 24 heavy (non-hydrogen) atoms. The summed E-state index contributed by atoms with van der Waals surface area (Å²) in [6, 6.07) is 28.9. The second-order valence-electron chi connectivity index (χ2n) is 6.20. The van der Waals surface area contributed by atoms with Crippen molar-refractivity contribution in [2.45, 2.75) is 0 Å². The van der Waals surface area contributed by atoms with Gasteiger partial charge in [-0.3, -0.25) is 0 Å². The molecule has 0 atom stereocenters. The fourth-order valence-corrected chi connectivity index (χ4v) is 3.45. The molecule has 0 aliphatic carbocycles. The number of rotatable bonds is 0. The van der Waals surface area contributed by atoms with Crippen molar-refractivity contribution >= 4 is 43.1 Å². The first-order valence-corrected chi connectivity index (χ1v) is 7.95. The molecule has 0 spiro atoms. The van der Waals surface area contributed by atoms with Gasteiger partial charge in [-0.15, -0.1) is 0 Å². The van der Waals surface area contributed by atoms with Crippen LogP contribution in [0.5, 0.6) is 0 Å². The summed E-state index contributed by atoms with van der Waals surface area (Å²) in [6.07, 6.45) is 7.29. The molecule has 0 nitrogen and oxygen atoms in total. The van der Waals surface area contributed by atoms with E-state index < -0.39 is 0 Å². The van der Waals surface area contributed by atoms with Gasteiger partial charge >= 0.3 is 0 Å². The van der Waals surface area contributed by atoms with Gasteiger partial charge in [-0.1, -0.05) is 30.2 Å². The molecule has 5 aromatic rings. The second-order valence-corrected chi connectivity index (χ2v) is 6.20. The summed E-state index contributed by atoms with van der Waals surface area (Å²) in [5, 5.41) is 9.75. The predicted octanol–water partition coefficient (Wildman–Crippen LogP) is 6.04. The molecule has 0 unspecified atom stereocenters. The topological polar surface area (TPSA) is 0 Å². The van der Waals surface area contributed by atoms with Crippen molar-refractivity contribution < 1.29 is 0 Å². The SMILES string of the molecule is [C]#Cc1[c]cc2cc3cc4cc5ccccc5cc4cc3cc2c1. The van der Waals surface area contributed by atoms with Crippen molar-refractivity contribution in [3.8, 4) is 5.92 Å². The van der Waals surface area contributed by atoms with Crippen LogP contribution in [0, 0.1) is 18.4 Å². The summed E-state index contributed by atoms with van der Waals surface area (Å²) < 4.78 is 0. The third kappa shape index (κ3) is 1.96. The fraction of sp³-hybridized carbons (Fsp3) is 0. The third-order valence-corrected chi connectivity index (χ3v) is 4.68. The Balaban J connectivity index is 1.88. The van der Waals surface area contributed by atoms with Crippen LogP contribution in [-0.2, 0) is 0 Å². The van der Waals surface area contributed by atoms with Gasteiger partial charge in [-0.05, 0) is 104 Å². The predicted molar refractivity (Wildman–Crippen MR) is 102 cm³/mol. The molecule has 0 N–H and O–H groups in total. The van der Waals surface area contributed by atoms with Crippen LogP contribution in [0.1, 0.15) is 5.56 Å². The van der Waals surface area contributed by atoms with Crippen molar-refractivity contribution in [3.63, 3.8) is 0 Å². The normalized spacial score (nSPS) is 11.3. The summed E-state index contributed by atoms with van der Waals surface area (Å²) in [7, 11) is 0. The molecule has 0 heteroatoms. The molecular formula is C24H12. The van der Waals surface area contributed by atoms with E-state index in [4.69, 9.17) is 6.42 Å². The van der Waals surface area contributed by atoms with Crippen LogP contribution >= 0.6 is 0 Å². The Morgan fingerprint density at radius 1 is 0.583 bits per heavy atom. The lowest BCUT2D eigenvalue weighted by molar-refractivity contribution is 1.70. The Morgan fingerprint density at radius 3 is 1.58 bits per heavy atom. The lowest BCUT2D eigenvalue weighted by Gasteiger charge is -2.07. The Labute approximate surface area is 140 Å². The molecule has 0 amide bonds. The largest absolute Gasteiger partial charge is 0.0616 e. The van der Waals surface area contributed by atoms with Crippen LogP contribution in [0.2, 0.25) is 0 Å². The number of hydrogen-bond acceptors (Lipinski definition) is 0. The average molecular weight is 300 g/mol. The van der Waals surface area contributed by atoms with Gasteiger partial charge in [-0.2, -0.15) is 0 Å². The number of benzene rings is 5. The molecule has 0 aromatic heterocycles. The summed E-state index contributed by atoms with van der Waals surface area (Å²) >= 11 is 0. The molecule has 108 valence electrons. The van der Waals surface area contributed by atoms with Crippen LogP contribution in [0.25, 0.3) is 43.1 Å². The van der Waals surface area contributed by atoms with E-state index >= 15 is 0 Å². The van der Waals surface area contributed by atoms with Gasteiger partial charge in [0.15, 0.2) is 0 Å². The van der Waals surface area contributed by atoms with Gasteiger partial charge in [0.25, 0.3) is 0 Å². The molecule has 0 saturated heterocycles. The Kier molecular flexibility index (Phi) is 2.66. The maximum atomic E-state index is 7.29. The molecule has 2 radical (unpaired) electrons. The van der Waals surface area contributed by atoms with Gasteiger partial charge in [0.05, 0.1) is 0 Å². The minimum atomic E-state index is 0.689. The average Bonchev–Trinajstić information content (AvgIpc) is 2.62. The van der Waals surface area contributed by atoms with Gasteiger partial charge in [-0.25, -0.2) is 0 Å². The molecule has 0 bridgehead atoms. The van der Waals surface area contributed by atoms with Gasteiger partial charge < -0.3 is 0 Å². The number of hydrogen-bond donors (Lipinski definition) is 0. The lowest BCUT2D eigenvalue weighted by atomic mass is 9.97. The van der Waals surface area contributed by atoms with E-state index in [1.807, 2.05) is 12.1 Å². The highest BCUT2D eigenvalue weighted by Gasteiger charge is 2.03. The van der Waals surface area contributed by atoms with E-state index in [9.17, 15) is 0 Å². The van der Waals surface area contributed by atoms with E-state index in [2.05, 4.69) is 72.7 Å². The highest BCUT2D eigenvalue weighted by molar-refractivity contribution is 6.08. The smallest absolute Gasteiger partial charge is 0.0340 e. The van der Waals surface area contributed by atoms with Crippen LogP contribution in [0.15, 0.2) is 72.8 Å². The van der Waals surface area contributed by atoms with E-state index in [1.165, 1.54) is 32.3 Å². The zero-order chi connectivity index (χ0) is 16.1. The number of fused-ring (bicyclic) bond motifs is 4. The van der Waals surface area contributed by atoms with Crippen molar-refractivity contribution in [1.29, 1.82) is 0 Å². The standard InChI is InChI=1S/C24H12/c1-2-16-7-8-19-12-23-14-21-10-17-5-3-4-6-18(17)11-22(21)15-24(23)13-20(19)9-16/h3-6,8-15H. The first-order valence-electron chi connectivity index (χ1n) is 7.95. The molecule has 5 aromatic carbocycles. The van der Waals surface area contributed by atoms with Gasteiger partial charge in [0.2, 0.25) is 0 Å². The Bertz CT molecular complexity index is 1300. The Hall–Kier alpha value is -3.30. The summed E-state index contributed by atoms with van der Waals surface area (Å²) in [5.41, 5.74) is 0.689. The van der Waals surface area contributed by atoms with E-state index in [1.54, 1.807) is 0 Å². The first-order chi connectivity index (χ1) is 11.8. The van der Waals surface area contributed by atoms with Crippen molar-refractivity contribution in [1.82, 2.24) is 0 Å². The summed E-state index contributed by atoms with van der Waals surface area (Å²) in [5.74, 6) is 2.41. The van der Waals surface area contributed by atoms with E-state index in [-0.39, 0.29) is 0 Å². The van der Waals surface area contributed by atoms with Crippen LogP contribution in [0.4, 0.5) is 0 Å². The van der Waals surface area contributed by atoms with Crippen LogP contribution in [-0.4, -0.2) is 0 Å². The maximum absolute atomic E-state index is 7.29. The third-order valence-electron chi connectivity index (χ3n) is 4.68. The fourth-order valence-electron chi connectivity index (χ4n) is 3.45. The van der Waals surface area contributed by atoms with Crippen LogP contribution < -0.4 is 0 Å². The molecule has 0 saturated carbocycles. The van der Waals surface area contributed by atoms with E-state index in [0.29, 0.717) is 5.56 Å².